The fourth-order valence-corrected chi connectivity index (χ4v) is 3.04. The first-order chi connectivity index (χ1) is 7.78. The first-order valence-corrected chi connectivity index (χ1v) is 6.58. The van der Waals surface area contributed by atoms with Crippen LogP contribution in [-0.4, -0.2) is 23.4 Å². The van der Waals surface area contributed by atoms with Crippen molar-refractivity contribution >= 4 is 11.8 Å². The van der Waals surface area contributed by atoms with E-state index in [0.29, 0.717) is 11.8 Å². The van der Waals surface area contributed by atoms with Gasteiger partial charge in [0.1, 0.15) is 0 Å². The Labute approximate surface area is 101 Å². The molecule has 2 N–H and O–H groups in total. The first-order valence-electron chi connectivity index (χ1n) is 5.70. The van der Waals surface area contributed by atoms with Crippen molar-refractivity contribution in [2.75, 3.05) is 13.2 Å². The van der Waals surface area contributed by atoms with Crippen molar-refractivity contribution < 1.29 is 4.74 Å². The number of aryl methyl sites for hydroxylation is 1. The lowest BCUT2D eigenvalue weighted by Crippen LogP contribution is -2.17. The minimum absolute atomic E-state index is 0.588. The molecule has 0 unspecified atom stereocenters. The van der Waals surface area contributed by atoms with Crippen LogP contribution in [0.5, 0.6) is 0 Å². The molecule has 2 rings (SSSR count). The maximum atomic E-state index is 5.66. The maximum Gasteiger partial charge on any atom is 0.0968 e. The van der Waals surface area contributed by atoms with Gasteiger partial charge in [-0.05, 0) is 37.5 Å². The zero-order chi connectivity index (χ0) is 11.4. The van der Waals surface area contributed by atoms with E-state index < -0.39 is 0 Å². The predicted molar refractivity (Wildman–Crippen MR) is 66.6 cm³/mol. The summed E-state index contributed by atoms with van der Waals surface area (Å²) in [4.78, 5) is 4.54. The number of hydrogen-bond donors (Lipinski definition) is 1. The van der Waals surface area contributed by atoms with Gasteiger partial charge in [-0.1, -0.05) is 0 Å². The molecule has 88 valence electrons. The van der Waals surface area contributed by atoms with Crippen LogP contribution in [0.2, 0.25) is 0 Å². The highest BCUT2D eigenvalue weighted by atomic mass is 32.2. The van der Waals surface area contributed by atoms with Gasteiger partial charge in [-0.15, -0.1) is 11.8 Å². The molecule has 0 atom stereocenters. The van der Waals surface area contributed by atoms with Crippen molar-refractivity contribution in [3.63, 3.8) is 0 Å². The average molecular weight is 238 g/mol. The van der Waals surface area contributed by atoms with Gasteiger partial charge in [0.25, 0.3) is 0 Å². The number of nitrogens with two attached hydrogens (primary N) is 1. The summed E-state index contributed by atoms with van der Waals surface area (Å²) in [6.07, 6.45) is 2.25. The van der Waals surface area contributed by atoms with E-state index in [4.69, 9.17) is 10.5 Å². The summed E-state index contributed by atoms with van der Waals surface area (Å²) in [6.45, 7) is 4.37. The second kappa shape index (κ2) is 5.66. The molecule has 1 aliphatic heterocycles. The molecule has 1 aliphatic rings. The van der Waals surface area contributed by atoms with Gasteiger partial charge in [-0.25, -0.2) is 4.98 Å². The summed E-state index contributed by atoms with van der Waals surface area (Å²) >= 11 is 1.86. The second-order valence-corrected chi connectivity index (χ2v) is 5.41. The summed E-state index contributed by atoms with van der Waals surface area (Å²) in [5.41, 5.74) is 7.89. The first kappa shape index (κ1) is 11.9. The Hall–Kier alpha value is -0.580. The van der Waals surface area contributed by atoms with E-state index in [-0.39, 0.29) is 0 Å². The molecule has 0 aliphatic carbocycles. The maximum absolute atomic E-state index is 5.66. The van der Waals surface area contributed by atoms with E-state index in [1.165, 1.54) is 5.56 Å². The van der Waals surface area contributed by atoms with E-state index in [9.17, 15) is 0 Å². The molecule has 0 bridgehead atoms. The molecule has 0 spiro atoms. The highest BCUT2D eigenvalue weighted by molar-refractivity contribution is 7.99. The van der Waals surface area contributed by atoms with Crippen molar-refractivity contribution in [1.29, 1.82) is 0 Å². The molecule has 3 nitrogen and oxygen atoms in total. The van der Waals surface area contributed by atoms with Crippen molar-refractivity contribution in [2.24, 2.45) is 5.73 Å². The summed E-state index contributed by atoms with van der Waals surface area (Å²) in [5.74, 6) is 0. The van der Waals surface area contributed by atoms with E-state index in [2.05, 4.69) is 11.1 Å². The van der Waals surface area contributed by atoms with Gasteiger partial charge in [0, 0.05) is 30.7 Å². The molecule has 1 aromatic rings. The van der Waals surface area contributed by atoms with E-state index >= 15 is 0 Å². The van der Waals surface area contributed by atoms with Crippen LogP contribution < -0.4 is 5.73 Å². The average Bonchev–Trinajstić information content (AvgIpc) is 2.29. The van der Waals surface area contributed by atoms with Crippen molar-refractivity contribution in [1.82, 2.24) is 4.98 Å². The van der Waals surface area contributed by atoms with E-state index in [1.807, 2.05) is 24.8 Å². The molecule has 0 aromatic carbocycles. The predicted octanol–water partition coefficient (Wildman–Crippen LogP) is 2.12. The number of pyridine rings is 1. The van der Waals surface area contributed by atoms with Crippen molar-refractivity contribution in [3.8, 4) is 0 Å². The number of thioether (sulfide) groups is 1. The molecular weight excluding hydrogens is 220 g/mol. The lowest BCUT2D eigenvalue weighted by atomic mass is 10.2. The monoisotopic (exact) mass is 238 g/mol. The van der Waals surface area contributed by atoms with Crippen LogP contribution in [0.4, 0.5) is 0 Å². The Morgan fingerprint density at radius 3 is 2.88 bits per heavy atom. The fraction of sp³-hybridized carbons (Fsp3) is 0.583. The molecule has 0 radical (unpaired) electrons. The van der Waals surface area contributed by atoms with Crippen LogP contribution in [-0.2, 0) is 11.3 Å². The summed E-state index contributed by atoms with van der Waals surface area (Å²) < 4.78 is 5.35. The molecule has 4 heteroatoms. The molecule has 0 saturated carbocycles. The Bertz CT molecular complexity index is 351. The second-order valence-electron chi connectivity index (χ2n) is 4.09. The van der Waals surface area contributed by atoms with Crippen LogP contribution in [0.25, 0.3) is 0 Å². The van der Waals surface area contributed by atoms with Crippen LogP contribution in [0.15, 0.2) is 17.2 Å². The quantitative estimate of drug-likeness (QED) is 0.876. The third-order valence-corrected chi connectivity index (χ3v) is 3.94. The van der Waals surface area contributed by atoms with Crippen LogP contribution >= 0.6 is 11.8 Å². The zero-order valence-electron chi connectivity index (χ0n) is 9.61. The third-order valence-electron chi connectivity index (χ3n) is 2.68. The van der Waals surface area contributed by atoms with Crippen molar-refractivity contribution in [3.05, 3.63) is 23.4 Å². The highest BCUT2D eigenvalue weighted by Crippen LogP contribution is 2.29. The number of hydrogen-bond acceptors (Lipinski definition) is 4. The zero-order valence-corrected chi connectivity index (χ0v) is 10.4. The number of rotatable bonds is 3. The minimum atomic E-state index is 0.588. The summed E-state index contributed by atoms with van der Waals surface area (Å²) in [5, 5.41) is 1.75. The number of aromatic nitrogens is 1. The SMILES string of the molecule is Cc1cc(CN)cc(SC2CCOCC2)n1. The Morgan fingerprint density at radius 1 is 1.44 bits per heavy atom. The largest absolute Gasteiger partial charge is 0.381 e. The number of nitrogens with zero attached hydrogens (tertiary/aromatic N) is 1. The minimum Gasteiger partial charge on any atom is -0.381 e. The van der Waals surface area contributed by atoms with Gasteiger partial charge < -0.3 is 10.5 Å². The standard InChI is InChI=1S/C12H18N2OS/c1-9-6-10(8-13)7-12(14-9)16-11-2-4-15-5-3-11/h6-7,11H,2-5,8,13H2,1H3. The van der Waals surface area contributed by atoms with Gasteiger partial charge in [0.15, 0.2) is 0 Å². The summed E-state index contributed by atoms with van der Waals surface area (Å²) in [7, 11) is 0. The summed E-state index contributed by atoms with van der Waals surface area (Å²) in [6, 6.07) is 4.15. The van der Waals surface area contributed by atoms with Crippen LogP contribution in [0.1, 0.15) is 24.1 Å². The lowest BCUT2D eigenvalue weighted by molar-refractivity contribution is 0.1000. The molecule has 1 aromatic heterocycles. The molecular formula is C12H18N2OS. The smallest absolute Gasteiger partial charge is 0.0968 e. The molecule has 16 heavy (non-hydrogen) atoms. The number of ether oxygens (including phenoxy) is 1. The van der Waals surface area contributed by atoms with Crippen LogP contribution in [0, 0.1) is 6.92 Å². The lowest BCUT2D eigenvalue weighted by Gasteiger charge is -2.21. The van der Waals surface area contributed by atoms with Gasteiger partial charge in [0.2, 0.25) is 0 Å². The van der Waals surface area contributed by atoms with Gasteiger partial charge in [-0.2, -0.15) is 0 Å². The molecule has 1 saturated heterocycles. The van der Waals surface area contributed by atoms with Gasteiger partial charge >= 0.3 is 0 Å². The Kier molecular flexibility index (Phi) is 4.21. The van der Waals surface area contributed by atoms with Gasteiger partial charge in [0.05, 0.1) is 5.03 Å². The normalized spacial score (nSPS) is 17.6. The van der Waals surface area contributed by atoms with Crippen molar-refractivity contribution in [2.45, 2.75) is 36.6 Å². The molecule has 2 heterocycles. The Morgan fingerprint density at radius 2 is 2.19 bits per heavy atom. The third kappa shape index (κ3) is 3.20. The fourth-order valence-electron chi connectivity index (χ4n) is 1.85. The van der Waals surface area contributed by atoms with Gasteiger partial charge in [-0.3, -0.25) is 0 Å². The van der Waals surface area contributed by atoms with E-state index in [1.54, 1.807) is 0 Å². The van der Waals surface area contributed by atoms with E-state index in [0.717, 1.165) is 36.8 Å². The molecule has 0 amide bonds. The Balaban J connectivity index is 2.04. The topological polar surface area (TPSA) is 48.1 Å². The van der Waals surface area contributed by atoms with Crippen LogP contribution in [0.3, 0.4) is 0 Å². The molecule has 1 fully saturated rings. The highest BCUT2D eigenvalue weighted by Gasteiger charge is 2.15.